The molecule has 1 aliphatic rings. The van der Waals surface area contributed by atoms with Crippen molar-refractivity contribution in [1.29, 1.82) is 0 Å². The predicted octanol–water partition coefficient (Wildman–Crippen LogP) is 0.546. The fraction of sp³-hybridized carbons (Fsp3) is 0.714. The second-order valence-corrected chi connectivity index (χ2v) is 2.90. The third kappa shape index (κ3) is 1.40. The molecule has 1 unspecified atom stereocenters. The lowest BCUT2D eigenvalue weighted by Crippen LogP contribution is -2.15. The van der Waals surface area contributed by atoms with Crippen LogP contribution in [0.5, 0.6) is 0 Å². The summed E-state index contributed by atoms with van der Waals surface area (Å²) in [6.07, 6.45) is 2.09. The summed E-state index contributed by atoms with van der Waals surface area (Å²) in [5.74, 6) is 1.05. The van der Waals surface area contributed by atoms with Crippen molar-refractivity contribution in [3.8, 4) is 0 Å². The van der Waals surface area contributed by atoms with E-state index in [1.807, 2.05) is 0 Å². The minimum absolute atomic E-state index is 0.204. The SMILES string of the molecule is Nc1noc(C2CCCOC2)n1. The summed E-state index contributed by atoms with van der Waals surface area (Å²) in [5, 5.41) is 3.53. The van der Waals surface area contributed by atoms with E-state index < -0.39 is 0 Å². The van der Waals surface area contributed by atoms with Crippen LogP contribution in [0.25, 0.3) is 0 Å². The van der Waals surface area contributed by atoms with E-state index in [1.54, 1.807) is 0 Å². The zero-order valence-electron chi connectivity index (χ0n) is 6.69. The van der Waals surface area contributed by atoms with Crippen LogP contribution in [0, 0.1) is 0 Å². The third-order valence-electron chi connectivity index (χ3n) is 1.97. The molecule has 5 nitrogen and oxygen atoms in total. The molecular weight excluding hydrogens is 158 g/mol. The third-order valence-corrected chi connectivity index (χ3v) is 1.97. The largest absolute Gasteiger partial charge is 0.381 e. The molecule has 2 heterocycles. The monoisotopic (exact) mass is 169 g/mol. The number of nitrogen functional groups attached to an aromatic ring is 1. The molecular formula is C7H11N3O2. The van der Waals surface area contributed by atoms with E-state index in [9.17, 15) is 0 Å². The second-order valence-electron chi connectivity index (χ2n) is 2.90. The van der Waals surface area contributed by atoms with Crippen molar-refractivity contribution in [2.24, 2.45) is 0 Å². The number of nitrogens with zero attached hydrogens (tertiary/aromatic N) is 2. The van der Waals surface area contributed by atoms with Gasteiger partial charge in [-0.25, -0.2) is 0 Å². The molecule has 0 aliphatic carbocycles. The summed E-state index contributed by atoms with van der Waals surface area (Å²) >= 11 is 0. The van der Waals surface area contributed by atoms with Crippen LogP contribution < -0.4 is 5.73 Å². The molecule has 1 atom stereocenters. The van der Waals surface area contributed by atoms with Gasteiger partial charge in [0.2, 0.25) is 5.89 Å². The van der Waals surface area contributed by atoms with Gasteiger partial charge in [-0.15, -0.1) is 0 Å². The van der Waals surface area contributed by atoms with Crippen LogP contribution in [0.15, 0.2) is 4.52 Å². The number of rotatable bonds is 1. The van der Waals surface area contributed by atoms with Gasteiger partial charge in [0.15, 0.2) is 0 Å². The Balaban J connectivity index is 2.08. The zero-order chi connectivity index (χ0) is 8.39. The van der Waals surface area contributed by atoms with E-state index in [0.717, 1.165) is 19.4 Å². The molecule has 0 spiro atoms. The minimum atomic E-state index is 0.204. The number of hydrogen-bond acceptors (Lipinski definition) is 5. The van der Waals surface area contributed by atoms with E-state index >= 15 is 0 Å². The maximum atomic E-state index is 5.33. The van der Waals surface area contributed by atoms with Crippen LogP contribution in [-0.4, -0.2) is 23.4 Å². The van der Waals surface area contributed by atoms with E-state index in [4.69, 9.17) is 15.0 Å². The van der Waals surface area contributed by atoms with Crippen molar-refractivity contribution in [3.63, 3.8) is 0 Å². The first-order valence-electron chi connectivity index (χ1n) is 4.03. The average molecular weight is 169 g/mol. The normalized spacial score (nSPS) is 24.2. The van der Waals surface area contributed by atoms with Gasteiger partial charge in [0, 0.05) is 6.61 Å². The standard InChI is InChI=1S/C7H11N3O2/c8-7-9-6(12-10-7)5-2-1-3-11-4-5/h5H,1-4H2,(H2,8,10). The first-order valence-corrected chi connectivity index (χ1v) is 4.03. The Hall–Kier alpha value is -1.10. The lowest BCUT2D eigenvalue weighted by Gasteiger charge is -2.17. The molecule has 66 valence electrons. The molecule has 1 fully saturated rings. The Morgan fingerprint density at radius 3 is 3.00 bits per heavy atom. The van der Waals surface area contributed by atoms with Gasteiger partial charge < -0.3 is 15.0 Å². The van der Waals surface area contributed by atoms with Crippen LogP contribution in [0.3, 0.4) is 0 Å². The lowest BCUT2D eigenvalue weighted by atomic mass is 10.0. The van der Waals surface area contributed by atoms with Crippen molar-refractivity contribution in [3.05, 3.63) is 5.89 Å². The van der Waals surface area contributed by atoms with Gasteiger partial charge in [-0.2, -0.15) is 4.98 Å². The highest BCUT2D eigenvalue weighted by atomic mass is 16.5. The zero-order valence-corrected chi connectivity index (χ0v) is 6.69. The van der Waals surface area contributed by atoms with Crippen LogP contribution in [0.1, 0.15) is 24.7 Å². The molecule has 2 N–H and O–H groups in total. The fourth-order valence-corrected chi connectivity index (χ4v) is 1.35. The van der Waals surface area contributed by atoms with Crippen molar-refractivity contribution in [2.75, 3.05) is 18.9 Å². The molecule has 0 saturated carbocycles. The summed E-state index contributed by atoms with van der Waals surface area (Å²) in [6.45, 7) is 1.50. The van der Waals surface area contributed by atoms with Crippen LogP contribution >= 0.6 is 0 Å². The molecule has 2 rings (SSSR count). The molecule has 5 heteroatoms. The Morgan fingerprint density at radius 1 is 1.50 bits per heavy atom. The molecule has 0 amide bonds. The Labute approximate surface area is 69.9 Å². The number of aromatic nitrogens is 2. The van der Waals surface area contributed by atoms with Gasteiger partial charge in [0.05, 0.1) is 12.5 Å². The minimum Gasteiger partial charge on any atom is -0.381 e. The van der Waals surface area contributed by atoms with Gasteiger partial charge in [-0.3, -0.25) is 0 Å². The summed E-state index contributed by atoms with van der Waals surface area (Å²) in [7, 11) is 0. The van der Waals surface area contributed by atoms with E-state index in [1.165, 1.54) is 0 Å². The molecule has 1 aromatic rings. The quantitative estimate of drug-likeness (QED) is 0.664. The van der Waals surface area contributed by atoms with Gasteiger partial charge in [0.25, 0.3) is 5.95 Å². The smallest absolute Gasteiger partial charge is 0.260 e. The summed E-state index contributed by atoms with van der Waals surface area (Å²) < 4.78 is 10.2. The van der Waals surface area contributed by atoms with Crippen LogP contribution in [0.4, 0.5) is 5.95 Å². The maximum absolute atomic E-state index is 5.33. The maximum Gasteiger partial charge on any atom is 0.260 e. The first-order chi connectivity index (χ1) is 5.86. The van der Waals surface area contributed by atoms with Crippen molar-refractivity contribution >= 4 is 5.95 Å². The van der Waals surface area contributed by atoms with Gasteiger partial charge in [-0.1, -0.05) is 0 Å². The number of ether oxygens (including phenoxy) is 1. The Kier molecular flexibility index (Phi) is 1.95. The van der Waals surface area contributed by atoms with Crippen molar-refractivity contribution in [1.82, 2.24) is 10.1 Å². The van der Waals surface area contributed by atoms with Crippen molar-refractivity contribution < 1.29 is 9.26 Å². The van der Waals surface area contributed by atoms with E-state index in [2.05, 4.69) is 10.1 Å². The van der Waals surface area contributed by atoms with E-state index in [0.29, 0.717) is 12.5 Å². The second kappa shape index (κ2) is 3.10. The summed E-state index contributed by atoms with van der Waals surface area (Å²) in [5.41, 5.74) is 5.33. The van der Waals surface area contributed by atoms with Crippen LogP contribution in [0.2, 0.25) is 0 Å². The Morgan fingerprint density at radius 2 is 2.42 bits per heavy atom. The lowest BCUT2D eigenvalue weighted by molar-refractivity contribution is 0.0705. The fourth-order valence-electron chi connectivity index (χ4n) is 1.35. The van der Waals surface area contributed by atoms with E-state index in [-0.39, 0.29) is 11.9 Å². The average Bonchev–Trinajstić information content (AvgIpc) is 2.54. The summed E-state index contributed by atoms with van der Waals surface area (Å²) in [4.78, 5) is 3.95. The molecule has 1 aliphatic heterocycles. The number of nitrogens with two attached hydrogens (primary N) is 1. The first kappa shape index (κ1) is 7.54. The molecule has 1 aromatic heterocycles. The predicted molar refractivity (Wildman–Crippen MR) is 41.5 cm³/mol. The van der Waals surface area contributed by atoms with Crippen LogP contribution in [-0.2, 0) is 4.74 Å². The number of anilines is 1. The summed E-state index contributed by atoms with van der Waals surface area (Å²) in [6, 6.07) is 0. The van der Waals surface area contributed by atoms with Crippen molar-refractivity contribution in [2.45, 2.75) is 18.8 Å². The number of hydrogen-bond donors (Lipinski definition) is 1. The highest BCUT2D eigenvalue weighted by molar-refractivity contribution is 5.12. The molecule has 12 heavy (non-hydrogen) atoms. The molecule has 1 saturated heterocycles. The van der Waals surface area contributed by atoms with Gasteiger partial charge in [0.1, 0.15) is 0 Å². The molecule has 0 radical (unpaired) electrons. The molecule has 0 aromatic carbocycles. The van der Waals surface area contributed by atoms with Gasteiger partial charge in [-0.05, 0) is 18.0 Å². The highest BCUT2D eigenvalue weighted by Crippen LogP contribution is 2.23. The topological polar surface area (TPSA) is 74.2 Å². The Bertz CT molecular complexity index is 255. The highest BCUT2D eigenvalue weighted by Gasteiger charge is 2.21. The molecule has 0 bridgehead atoms. The van der Waals surface area contributed by atoms with Gasteiger partial charge >= 0.3 is 0 Å².